The highest BCUT2D eigenvalue weighted by Crippen LogP contribution is 2.39. The van der Waals surface area contributed by atoms with Crippen molar-refractivity contribution in [3.8, 4) is 0 Å². The number of fused-ring (bicyclic) bond motifs is 1. The fraction of sp³-hybridized carbons (Fsp3) is 0.350. The van der Waals surface area contributed by atoms with Crippen LogP contribution in [0.5, 0.6) is 0 Å². The number of benzene rings is 1. The molecule has 3 aromatic rings. The third-order valence-corrected chi connectivity index (χ3v) is 6.32. The lowest BCUT2D eigenvalue weighted by atomic mass is 9.87. The van der Waals surface area contributed by atoms with E-state index in [1.807, 2.05) is 11.4 Å². The smallest absolute Gasteiger partial charge is 0.227 e. The van der Waals surface area contributed by atoms with Crippen LogP contribution in [0.2, 0.25) is 0 Å². The molecule has 2 aliphatic rings. The molecule has 6 nitrogen and oxygen atoms in total. The fourth-order valence-electron chi connectivity index (χ4n) is 4.13. The Morgan fingerprint density at radius 2 is 2.00 bits per heavy atom. The lowest BCUT2D eigenvalue weighted by Crippen LogP contribution is -2.41. The van der Waals surface area contributed by atoms with Crippen LogP contribution in [0.3, 0.4) is 0 Å². The molecule has 1 amide bonds. The Labute approximate surface area is 165 Å². The van der Waals surface area contributed by atoms with E-state index in [1.165, 1.54) is 12.1 Å². The molecule has 1 spiro atoms. The first-order chi connectivity index (χ1) is 13.6. The van der Waals surface area contributed by atoms with E-state index in [0.717, 1.165) is 28.3 Å². The highest BCUT2D eigenvalue weighted by molar-refractivity contribution is 7.17. The predicted octanol–water partition coefficient (Wildman–Crippen LogP) is 3.09. The van der Waals surface area contributed by atoms with Crippen molar-refractivity contribution in [3.05, 3.63) is 47.9 Å². The molecule has 144 valence electrons. The van der Waals surface area contributed by atoms with Gasteiger partial charge in [-0.1, -0.05) is 0 Å². The van der Waals surface area contributed by atoms with Crippen LogP contribution in [0.25, 0.3) is 10.2 Å². The first-order valence-corrected chi connectivity index (χ1v) is 10.1. The van der Waals surface area contributed by atoms with Crippen LogP contribution in [-0.4, -0.2) is 48.7 Å². The van der Waals surface area contributed by atoms with Gasteiger partial charge in [0.25, 0.3) is 0 Å². The third-order valence-electron chi connectivity index (χ3n) is 5.42. The average Bonchev–Trinajstić information content (AvgIpc) is 3.23. The maximum atomic E-state index is 13.3. The summed E-state index contributed by atoms with van der Waals surface area (Å²) in [5.41, 5.74) is 1.34. The van der Waals surface area contributed by atoms with E-state index in [4.69, 9.17) is 4.74 Å². The van der Waals surface area contributed by atoms with Gasteiger partial charge in [0, 0.05) is 37.2 Å². The molecular formula is C20H19FN4O2S. The standard InChI is InChI=1S/C20H19FN4O2S/c21-14-1-3-15(4-2-14)25-11-20(9-17(25)26)10-24(6-7-27-12-20)19-18-16(5-8-28-18)22-13-23-19/h1-5,8,13H,6-7,9-12H2/t20-/m0/s1. The van der Waals surface area contributed by atoms with Gasteiger partial charge in [-0.2, -0.15) is 0 Å². The van der Waals surface area contributed by atoms with Crippen LogP contribution in [0.4, 0.5) is 15.9 Å². The number of ether oxygens (including phenoxy) is 1. The Balaban J connectivity index is 1.45. The number of halogens is 1. The molecule has 2 aliphatic heterocycles. The van der Waals surface area contributed by atoms with Crippen molar-refractivity contribution in [2.24, 2.45) is 5.41 Å². The fourth-order valence-corrected chi connectivity index (χ4v) is 4.99. The molecule has 0 bridgehead atoms. The minimum Gasteiger partial charge on any atom is -0.379 e. The van der Waals surface area contributed by atoms with Crippen molar-refractivity contribution < 1.29 is 13.9 Å². The highest BCUT2D eigenvalue weighted by atomic mass is 32.1. The van der Waals surface area contributed by atoms with Gasteiger partial charge in [0.15, 0.2) is 0 Å². The Hall–Kier alpha value is -2.58. The molecule has 1 aromatic carbocycles. The molecule has 2 saturated heterocycles. The Morgan fingerprint density at radius 1 is 1.14 bits per heavy atom. The number of carbonyl (C=O) groups is 1. The van der Waals surface area contributed by atoms with Gasteiger partial charge >= 0.3 is 0 Å². The molecule has 0 aliphatic carbocycles. The van der Waals surface area contributed by atoms with E-state index < -0.39 is 0 Å². The first-order valence-electron chi connectivity index (χ1n) is 9.20. The van der Waals surface area contributed by atoms with Gasteiger partial charge in [-0.25, -0.2) is 14.4 Å². The SMILES string of the molecule is O=C1C[C@@]2(COCCN(c3ncnc4ccsc34)C2)CN1c1ccc(F)cc1. The normalized spacial score (nSPS) is 23.0. The monoisotopic (exact) mass is 398 g/mol. The summed E-state index contributed by atoms with van der Waals surface area (Å²) in [6.45, 7) is 3.05. The lowest BCUT2D eigenvalue weighted by Gasteiger charge is -2.32. The second kappa shape index (κ2) is 6.79. The van der Waals surface area contributed by atoms with Crippen molar-refractivity contribution in [3.63, 3.8) is 0 Å². The summed E-state index contributed by atoms with van der Waals surface area (Å²) in [4.78, 5) is 25.6. The van der Waals surface area contributed by atoms with E-state index in [0.29, 0.717) is 32.7 Å². The van der Waals surface area contributed by atoms with Gasteiger partial charge in [-0.15, -0.1) is 11.3 Å². The van der Waals surface area contributed by atoms with Crippen molar-refractivity contribution in [1.82, 2.24) is 9.97 Å². The molecule has 8 heteroatoms. The van der Waals surface area contributed by atoms with E-state index in [2.05, 4.69) is 14.9 Å². The van der Waals surface area contributed by atoms with Crippen molar-refractivity contribution in [2.75, 3.05) is 42.6 Å². The molecule has 28 heavy (non-hydrogen) atoms. The zero-order chi connectivity index (χ0) is 19.1. The molecule has 1 atom stereocenters. The molecule has 5 rings (SSSR count). The molecule has 2 aromatic heterocycles. The summed E-state index contributed by atoms with van der Waals surface area (Å²) in [6, 6.07) is 8.07. The summed E-state index contributed by atoms with van der Waals surface area (Å²) in [5, 5.41) is 2.02. The molecule has 0 unspecified atom stereocenters. The Bertz CT molecular complexity index is 1020. The minimum atomic E-state index is -0.323. The molecule has 0 saturated carbocycles. The third kappa shape index (κ3) is 3.02. The number of hydrogen-bond donors (Lipinski definition) is 0. The second-order valence-corrected chi connectivity index (χ2v) is 8.36. The second-order valence-electron chi connectivity index (χ2n) is 7.44. The lowest BCUT2D eigenvalue weighted by molar-refractivity contribution is -0.118. The number of hydrogen-bond acceptors (Lipinski definition) is 6. The van der Waals surface area contributed by atoms with Gasteiger partial charge in [-0.05, 0) is 35.7 Å². The maximum absolute atomic E-state index is 13.3. The summed E-state index contributed by atoms with van der Waals surface area (Å²) < 4.78 is 20.2. The van der Waals surface area contributed by atoms with Gasteiger partial charge in [0.05, 0.1) is 23.4 Å². The number of carbonyl (C=O) groups excluding carboxylic acids is 1. The first kappa shape index (κ1) is 17.5. The summed E-state index contributed by atoms with van der Waals surface area (Å²) in [6.07, 6.45) is 1.99. The number of anilines is 2. The number of aromatic nitrogens is 2. The Morgan fingerprint density at radius 3 is 2.86 bits per heavy atom. The van der Waals surface area contributed by atoms with Crippen LogP contribution in [0.15, 0.2) is 42.0 Å². The molecule has 0 radical (unpaired) electrons. The van der Waals surface area contributed by atoms with Crippen LogP contribution in [-0.2, 0) is 9.53 Å². The number of nitrogens with zero attached hydrogens (tertiary/aromatic N) is 4. The zero-order valence-electron chi connectivity index (χ0n) is 15.2. The van der Waals surface area contributed by atoms with Crippen molar-refractivity contribution in [2.45, 2.75) is 6.42 Å². The van der Waals surface area contributed by atoms with Crippen molar-refractivity contribution >= 4 is 39.0 Å². The molecule has 4 heterocycles. The van der Waals surface area contributed by atoms with Crippen LogP contribution in [0.1, 0.15) is 6.42 Å². The van der Waals surface area contributed by atoms with Crippen LogP contribution >= 0.6 is 11.3 Å². The quantitative estimate of drug-likeness (QED) is 0.664. The maximum Gasteiger partial charge on any atom is 0.227 e. The summed E-state index contributed by atoms with van der Waals surface area (Å²) in [7, 11) is 0. The minimum absolute atomic E-state index is 0.0426. The zero-order valence-corrected chi connectivity index (χ0v) is 16.0. The average molecular weight is 398 g/mol. The molecule has 2 fully saturated rings. The van der Waals surface area contributed by atoms with E-state index in [1.54, 1.807) is 34.7 Å². The van der Waals surface area contributed by atoms with Gasteiger partial charge in [0.2, 0.25) is 5.91 Å². The van der Waals surface area contributed by atoms with Gasteiger partial charge in [0.1, 0.15) is 18.0 Å². The van der Waals surface area contributed by atoms with E-state index >= 15 is 0 Å². The molecule has 0 N–H and O–H groups in total. The van der Waals surface area contributed by atoms with Gasteiger partial charge in [-0.3, -0.25) is 4.79 Å². The van der Waals surface area contributed by atoms with E-state index in [-0.39, 0.29) is 17.1 Å². The number of amides is 1. The van der Waals surface area contributed by atoms with Crippen LogP contribution in [0, 0.1) is 11.2 Å². The highest BCUT2D eigenvalue weighted by Gasteiger charge is 2.46. The largest absolute Gasteiger partial charge is 0.379 e. The number of thiophene rings is 1. The Kier molecular flexibility index (Phi) is 4.25. The molecular weight excluding hydrogens is 379 g/mol. The topological polar surface area (TPSA) is 58.6 Å². The van der Waals surface area contributed by atoms with Gasteiger partial charge < -0.3 is 14.5 Å². The summed E-state index contributed by atoms with van der Waals surface area (Å²) in [5.74, 6) is 0.636. The number of rotatable bonds is 2. The van der Waals surface area contributed by atoms with Crippen molar-refractivity contribution in [1.29, 1.82) is 0 Å². The summed E-state index contributed by atoms with van der Waals surface area (Å²) >= 11 is 1.62. The predicted molar refractivity (Wildman–Crippen MR) is 106 cm³/mol. The van der Waals surface area contributed by atoms with Crippen LogP contribution < -0.4 is 9.80 Å². The van der Waals surface area contributed by atoms with E-state index in [9.17, 15) is 9.18 Å².